The van der Waals surface area contributed by atoms with E-state index in [-0.39, 0.29) is 6.16 Å². The fourth-order valence-electron chi connectivity index (χ4n) is 3.62. The maximum atomic E-state index is 11.1. The van der Waals surface area contributed by atoms with Crippen LogP contribution in [0.4, 0.5) is 17.1 Å². The van der Waals surface area contributed by atoms with Crippen LogP contribution < -0.4 is 4.90 Å². The molecule has 0 amide bonds. The van der Waals surface area contributed by atoms with Crippen LogP contribution in [0.2, 0.25) is 0 Å². The van der Waals surface area contributed by atoms with Crippen LogP contribution in [0.25, 0.3) is 12.2 Å². The van der Waals surface area contributed by atoms with Crippen molar-refractivity contribution in [1.29, 1.82) is 0 Å². The molecule has 0 spiro atoms. The summed E-state index contributed by atoms with van der Waals surface area (Å²) in [5.41, 5.74) is 7.16. The normalized spacial score (nSPS) is 11.6. The van der Waals surface area contributed by atoms with Gasteiger partial charge in [-0.15, -0.1) is 0 Å². The molecule has 2 N–H and O–H groups in total. The highest BCUT2D eigenvalue weighted by atomic mass is 31.2. The molecule has 4 nitrogen and oxygen atoms in total. The Morgan fingerprint density at radius 2 is 1.12 bits per heavy atom. The van der Waals surface area contributed by atoms with Gasteiger partial charge in [-0.3, -0.25) is 4.57 Å². The third-order valence-corrected chi connectivity index (χ3v) is 6.07. The van der Waals surface area contributed by atoms with E-state index < -0.39 is 7.60 Å². The Balaban J connectivity index is 1.54. The van der Waals surface area contributed by atoms with Crippen molar-refractivity contribution in [2.24, 2.45) is 0 Å². The SMILES string of the molecule is Cc1ccc(N(c2ccccc2)c2ccc(C=Cc3ccc(CP(=O)(O)O)cc3)cc2)cc1. The summed E-state index contributed by atoms with van der Waals surface area (Å²) in [7, 11) is -4.05. The largest absolute Gasteiger partial charge is 0.329 e. The number of nitrogens with zero attached hydrogens (tertiary/aromatic N) is 1. The van der Waals surface area contributed by atoms with E-state index in [1.807, 2.05) is 42.5 Å². The maximum absolute atomic E-state index is 11.1. The molecule has 5 heteroatoms. The molecule has 0 bridgehead atoms. The van der Waals surface area contributed by atoms with Crippen molar-refractivity contribution in [3.05, 3.63) is 125 Å². The summed E-state index contributed by atoms with van der Waals surface area (Å²) in [6.07, 6.45) is 3.78. The number of benzene rings is 4. The van der Waals surface area contributed by atoms with Gasteiger partial charge in [-0.1, -0.05) is 84.4 Å². The van der Waals surface area contributed by atoms with Crippen LogP contribution in [0.15, 0.2) is 103 Å². The summed E-state index contributed by atoms with van der Waals surface area (Å²) < 4.78 is 11.1. The zero-order valence-electron chi connectivity index (χ0n) is 18.4. The highest BCUT2D eigenvalue weighted by Gasteiger charge is 2.13. The molecule has 4 aromatic rings. The van der Waals surface area contributed by atoms with Crippen molar-refractivity contribution < 1.29 is 14.4 Å². The summed E-state index contributed by atoms with van der Waals surface area (Å²) in [6, 6.07) is 34.4. The molecule has 0 saturated heterocycles. The molecule has 0 aliphatic heterocycles. The van der Waals surface area contributed by atoms with E-state index in [0.717, 1.165) is 28.2 Å². The second kappa shape index (κ2) is 10.0. The van der Waals surface area contributed by atoms with Crippen molar-refractivity contribution in [2.75, 3.05) is 4.90 Å². The number of anilines is 3. The van der Waals surface area contributed by atoms with E-state index in [4.69, 9.17) is 9.79 Å². The molecule has 0 unspecified atom stereocenters. The Morgan fingerprint density at radius 3 is 1.64 bits per heavy atom. The lowest BCUT2D eigenvalue weighted by Crippen LogP contribution is -2.09. The highest BCUT2D eigenvalue weighted by Crippen LogP contribution is 2.39. The Labute approximate surface area is 194 Å². The predicted molar refractivity (Wildman–Crippen MR) is 137 cm³/mol. The summed E-state index contributed by atoms with van der Waals surface area (Å²) >= 11 is 0. The summed E-state index contributed by atoms with van der Waals surface area (Å²) in [6.45, 7) is 2.09. The van der Waals surface area contributed by atoms with E-state index in [2.05, 4.69) is 72.5 Å². The summed E-state index contributed by atoms with van der Waals surface area (Å²) in [5, 5.41) is 0. The molecule has 4 aromatic carbocycles. The minimum absolute atomic E-state index is 0.239. The average Bonchev–Trinajstić information content (AvgIpc) is 2.81. The standard InChI is InChI=1S/C28H26NO3P/c1-22-7-17-27(18-8-22)29(26-5-3-2-4-6-26)28-19-15-24(16-20-28)10-9-23-11-13-25(14-12-23)21-33(30,31)32/h2-20H,21H2,1H3,(H2,30,31,32). The van der Waals surface area contributed by atoms with Gasteiger partial charge < -0.3 is 14.7 Å². The molecule has 0 fully saturated rings. The number of aryl methyl sites for hydroxylation is 1. The van der Waals surface area contributed by atoms with E-state index in [1.54, 1.807) is 12.1 Å². The minimum atomic E-state index is -4.05. The third-order valence-electron chi connectivity index (χ3n) is 5.29. The van der Waals surface area contributed by atoms with Crippen LogP contribution in [-0.4, -0.2) is 9.79 Å². The Morgan fingerprint density at radius 1 is 0.667 bits per heavy atom. The molecule has 0 saturated carbocycles. The molecule has 4 rings (SSSR count). The second-order valence-electron chi connectivity index (χ2n) is 8.00. The highest BCUT2D eigenvalue weighted by molar-refractivity contribution is 7.50. The van der Waals surface area contributed by atoms with Gasteiger partial charge in [0.2, 0.25) is 0 Å². The van der Waals surface area contributed by atoms with Crippen LogP contribution in [0.5, 0.6) is 0 Å². The van der Waals surface area contributed by atoms with Crippen LogP contribution in [0.1, 0.15) is 22.3 Å². The Hall–Kier alpha value is -3.43. The zero-order chi connectivity index (χ0) is 23.3. The molecule has 0 aromatic heterocycles. The summed E-state index contributed by atoms with van der Waals surface area (Å²) in [5.74, 6) is 0. The zero-order valence-corrected chi connectivity index (χ0v) is 19.3. The van der Waals surface area contributed by atoms with E-state index in [0.29, 0.717) is 5.56 Å². The van der Waals surface area contributed by atoms with Gasteiger partial charge in [0.1, 0.15) is 0 Å². The average molecular weight is 455 g/mol. The van der Waals surface area contributed by atoms with Gasteiger partial charge in [0.15, 0.2) is 0 Å². The quantitative estimate of drug-likeness (QED) is 0.227. The first-order valence-corrected chi connectivity index (χ1v) is 12.5. The van der Waals surface area contributed by atoms with Gasteiger partial charge >= 0.3 is 7.60 Å². The van der Waals surface area contributed by atoms with Crippen molar-refractivity contribution >= 4 is 36.8 Å². The van der Waals surface area contributed by atoms with Crippen LogP contribution in [0.3, 0.4) is 0 Å². The molecular formula is C28H26NO3P. The summed E-state index contributed by atoms with van der Waals surface area (Å²) in [4.78, 5) is 20.4. The molecule has 0 radical (unpaired) electrons. The number of hydrogen-bond acceptors (Lipinski definition) is 2. The molecule has 0 atom stereocenters. The van der Waals surface area contributed by atoms with Crippen molar-refractivity contribution in [3.63, 3.8) is 0 Å². The van der Waals surface area contributed by atoms with Crippen molar-refractivity contribution in [1.82, 2.24) is 0 Å². The molecule has 0 aliphatic rings. The van der Waals surface area contributed by atoms with Gasteiger partial charge in [0.25, 0.3) is 0 Å². The Kier molecular flexibility index (Phi) is 6.90. The van der Waals surface area contributed by atoms with E-state index >= 15 is 0 Å². The topological polar surface area (TPSA) is 60.8 Å². The maximum Gasteiger partial charge on any atom is 0.329 e. The molecule has 0 aliphatic carbocycles. The fourth-order valence-corrected chi connectivity index (χ4v) is 4.30. The van der Waals surface area contributed by atoms with Gasteiger partial charge in [-0.2, -0.15) is 0 Å². The first kappa shape index (κ1) is 22.8. The van der Waals surface area contributed by atoms with Crippen molar-refractivity contribution in [3.8, 4) is 0 Å². The van der Waals surface area contributed by atoms with Crippen LogP contribution in [0, 0.1) is 6.92 Å². The van der Waals surface area contributed by atoms with Gasteiger partial charge in [-0.05, 0) is 60.0 Å². The molecule has 33 heavy (non-hydrogen) atoms. The van der Waals surface area contributed by atoms with Crippen molar-refractivity contribution in [2.45, 2.75) is 13.1 Å². The Bertz CT molecular complexity index is 1260. The first-order chi connectivity index (χ1) is 15.9. The lowest BCUT2D eigenvalue weighted by atomic mass is 10.1. The number of para-hydroxylation sites is 1. The molecule has 0 heterocycles. The van der Waals surface area contributed by atoms with Gasteiger partial charge in [0, 0.05) is 17.1 Å². The predicted octanol–water partition coefficient (Wildman–Crippen LogP) is 7.31. The fraction of sp³-hybridized carbons (Fsp3) is 0.0714. The second-order valence-corrected chi connectivity index (χ2v) is 9.64. The van der Waals surface area contributed by atoms with Gasteiger partial charge in [-0.25, -0.2) is 0 Å². The number of hydrogen-bond donors (Lipinski definition) is 2. The number of rotatable bonds is 7. The lowest BCUT2D eigenvalue weighted by molar-refractivity contribution is 0.371. The smallest absolute Gasteiger partial charge is 0.324 e. The van der Waals surface area contributed by atoms with Gasteiger partial charge in [0.05, 0.1) is 6.16 Å². The lowest BCUT2D eigenvalue weighted by Gasteiger charge is -2.25. The van der Waals surface area contributed by atoms with E-state index in [1.165, 1.54) is 5.56 Å². The third kappa shape index (κ3) is 6.30. The molecule has 166 valence electrons. The monoisotopic (exact) mass is 455 g/mol. The first-order valence-electron chi connectivity index (χ1n) is 10.7. The van der Waals surface area contributed by atoms with Crippen LogP contribution in [-0.2, 0) is 10.7 Å². The minimum Gasteiger partial charge on any atom is -0.324 e. The van der Waals surface area contributed by atoms with E-state index in [9.17, 15) is 4.57 Å². The molecular weight excluding hydrogens is 429 g/mol. The van der Waals surface area contributed by atoms with Crippen LogP contribution >= 0.6 is 7.60 Å².